The Kier molecular flexibility index (Phi) is 13.6. The quantitative estimate of drug-likeness (QED) is 0.116. The van der Waals surface area contributed by atoms with Crippen molar-refractivity contribution in [3.63, 3.8) is 0 Å². The summed E-state index contributed by atoms with van der Waals surface area (Å²) in [6.07, 6.45) is 27.0. The van der Waals surface area contributed by atoms with Gasteiger partial charge in [0.1, 0.15) is 6.61 Å². The third-order valence-corrected chi connectivity index (χ3v) is 12.6. The average molecular weight is 613 g/mol. The van der Waals surface area contributed by atoms with Crippen molar-refractivity contribution in [2.75, 3.05) is 6.61 Å². The number of rotatable bonds is 19. The standard InChI is InChI=1S/C39H64O5/c1-4-5-6-7-8-9-10-11-12-13-14-15-16-17-18-19-36(43)44-28-35(42)33-23-22-32-31-21-20-29-26-30(40)24-25-38(29,2)37(31)34(41)27-39(32,33)3/h26,31-34,37,41H,4-25,27-28H2,1-3H3/t31-,32-,33+,34-,37?,38-,39-/m0/s1. The molecule has 0 aliphatic heterocycles. The van der Waals surface area contributed by atoms with E-state index < -0.39 is 6.10 Å². The van der Waals surface area contributed by atoms with E-state index in [-0.39, 0.29) is 46.8 Å². The first kappa shape index (κ1) is 35.4. The lowest BCUT2D eigenvalue weighted by atomic mass is 9.46. The van der Waals surface area contributed by atoms with Gasteiger partial charge in [-0.3, -0.25) is 14.4 Å². The Morgan fingerprint density at radius 2 is 1.43 bits per heavy atom. The molecule has 0 saturated heterocycles. The molecule has 0 heterocycles. The predicted molar refractivity (Wildman–Crippen MR) is 177 cm³/mol. The molecule has 3 fully saturated rings. The van der Waals surface area contributed by atoms with Gasteiger partial charge in [-0.1, -0.05) is 116 Å². The van der Waals surface area contributed by atoms with Crippen molar-refractivity contribution in [2.24, 2.45) is 34.5 Å². The topological polar surface area (TPSA) is 80.7 Å². The number of allylic oxidation sites excluding steroid dienone is 1. The van der Waals surface area contributed by atoms with Crippen molar-refractivity contribution >= 4 is 17.5 Å². The van der Waals surface area contributed by atoms with E-state index in [4.69, 9.17) is 4.74 Å². The second kappa shape index (κ2) is 16.9. The van der Waals surface area contributed by atoms with E-state index in [0.29, 0.717) is 31.1 Å². The van der Waals surface area contributed by atoms with Gasteiger partial charge < -0.3 is 9.84 Å². The van der Waals surface area contributed by atoms with Crippen LogP contribution in [0, 0.1) is 34.5 Å². The van der Waals surface area contributed by atoms with Crippen molar-refractivity contribution in [1.82, 2.24) is 0 Å². The van der Waals surface area contributed by atoms with Gasteiger partial charge in [0.05, 0.1) is 6.10 Å². The lowest BCUT2D eigenvalue weighted by molar-refractivity contribution is -0.155. The minimum atomic E-state index is -0.468. The van der Waals surface area contributed by atoms with Crippen molar-refractivity contribution < 1.29 is 24.2 Å². The molecule has 1 unspecified atom stereocenters. The van der Waals surface area contributed by atoms with Gasteiger partial charge in [-0.25, -0.2) is 0 Å². The molecule has 5 heteroatoms. The van der Waals surface area contributed by atoms with Crippen molar-refractivity contribution in [1.29, 1.82) is 0 Å². The van der Waals surface area contributed by atoms with Crippen LogP contribution in [0.4, 0.5) is 0 Å². The fraction of sp³-hybridized carbons (Fsp3) is 0.872. The molecular formula is C39H64O5. The number of ether oxygens (including phenoxy) is 1. The molecule has 4 aliphatic carbocycles. The van der Waals surface area contributed by atoms with E-state index in [1.165, 1.54) is 89.0 Å². The largest absolute Gasteiger partial charge is 0.458 e. The highest BCUT2D eigenvalue weighted by Crippen LogP contribution is 2.66. The molecule has 4 rings (SSSR count). The van der Waals surface area contributed by atoms with Crippen LogP contribution in [0.1, 0.15) is 168 Å². The fourth-order valence-electron chi connectivity index (χ4n) is 10.2. The maximum absolute atomic E-state index is 13.4. The second-order valence-electron chi connectivity index (χ2n) is 15.6. The average Bonchev–Trinajstić information content (AvgIpc) is 3.34. The van der Waals surface area contributed by atoms with Gasteiger partial charge in [-0.2, -0.15) is 0 Å². The van der Waals surface area contributed by atoms with E-state index >= 15 is 0 Å². The molecule has 3 saturated carbocycles. The number of unbranched alkanes of at least 4 members (excludes halogenated alkanes) is 14. The van der Waals surface area contributed by atoms with Crippen LogP contribution in [0.25, 0.3) is 0 Å². The number of Topliss-reactive ketones (excluding diaryl/α,β-unsaturated/α-hetero) is 1. The molecule has 0 amide bonds. The number of aliphatic hydroxyl groups excluding tert-OH is 1. The van der Waals surface area contributed by atoms with E-state index in [1.807, 2.05) is 6.08 Å². The summed E-state index contributed by atoms with van der Waals surface area (Å²) in [4.78, 5) is 38.0. The third kappa shape index (κ3) is 8.65. The minimum absolute atomic E-state index is 0.0383. The van der Waals surface area contributed by atoms with E-state index in [2.05, 4.69) is 20.8 Å². The molecule has 44 heavy (non-hydrogen) atoms. The molecule has 0 aromatic rings. The monoisotopic (exact) mass is 612 g/mol. The zero-order chi connectivity index (χ0) is 31.6. The maximum Gasteiger partial charge on any atom is 0.306 e. The van der Waals surface area contributed by atoms with Crippen molar-refractivity contribution in [2.45, 2.75) is 175 Å². The molecule has 0 spiro atoms. The Labute approximate surface area is 268 Å². The normalized spacial score (nSPS) is 32.9. The number of carbonyl (C=O) groups excluding carboxylic acids is 3. The second-order valence-corrected chi connectivity index (χ2v) is 15.6. The highest BCUT2D eigenvalue weighted by atomic mass is 16.5. The molecule has 0 bridgehead atoms. The Balaban J connectivity index is 1.09. The first-order valence-corrected chi connectivity index (χ1v) is 18.8. The third-order valence-electron chi connectivity index (χ3n) is 12.6. The molecule has 1 N–H and O–H groups in total. The van der Waals surface area contributed by atoms with Gasteiger partial charge in [0.25, 0.3) is 0 Å². The Bertz CT molecular complexity index is 985. The summed E-state index contributed by atoms with van der Waals surface area (Å²) in [5.74, 6) is 0.807. The van der Waals surface area contributed by atoms with Crippen LogP contribution >= 0.6 is 0 Å². The van der Waals surface area contributed by atoms with E-state index in [9.17, 15) is 19.5 Å². The lowest BCUT2D eigenvalue weighted by Crippen LogP contribution is -2.57. The summed E-state index contributed by atoms with van der Waals surface area (Å²) >= 11 is 0. The summed E-state index contributed by atoms with van der Waals surface area (Å²) < 4.78 is 5.50. The summed E-state index contributed by atoms with van der Waals surface area (Å²) in [7, 11) is 0. The van der Waals surface area contributed by atoms with Gasteiger partial charge in [0.15, 0.2) is 11.6 Å². The maximum atomic E-state index is 13.4. The number of ketones is 2. The van der Waals surface area contributed by atoms with Gasteiger partial charge in [0, 0.05) is 18.8 Å². The Morgan fingerprint density at radius 1 is 0.841 bits per heavy atom. The molecule has 5 nitrogen and oxygen atoms in total. The predicted octanol–water partition coefficient (Wildman–Crippen LogP) is 9.48. The Morgan fingerprint density at radius 3 is 2.05 bits per heavy atom. The summed E-state index contributed by atoms with van der Waals surface area (Å²) in [5, 5.41) is 11.6. The first-order valence-electron chi connectivity index (χ1n) is 18.8. The fourth-order valence-corrected chi connectivity index (χ4v) is 10.2. The van der Waals surface area contributed by atoms with Gasteiger partial charge in [0.2, 0.25) is 0 Å². The van der Waals surface area contributed by atoms with E-state index in [0.717, 1.165) is 44.9 Å². The highest BCUT2D eigenvalue weighted by Gasteiger charge is 2.62. The SMILES string of the molecule is CCCCCCCCCCCCCCCCCC(=O)OCC(=O)[C@H]1CC[C@H]2[C@@H]3CCC4=CC(=O)CC[C@]4(C)C3[C@@H](O)C[C@]12C. The molecular weight excluding hydrogens is 548 g/mol. The van der Waals surface area contributed by atoms with Crippen LogP contribution in [0.15, 0.2) is 11.6 Å². The number of carbonyl (C=O) groups is 3. The van der Waals surface area contributed by atoms with Crippen molar-refractivity contribution in [3.8, 4) is 0 Å². The summed E-state index contributed by atoms with van der Waals surface area (Å²) in [6.45, 7) is 6.63. The highest BCUT2D eigenvalue weighted by molar-refractivity contribution is 5.91. The Hall–Kier alpha value is -1.49. The van der Waals surface area contributed by atoms with Gasteiger partial charge in [-0.05, 0) is 79.6 Å². The number of hydrogen-bond donors (Lipinski definition) is 1. The lowest BCUT2D eigenvalue weighted by Gasteiger charge is -2.59. The number of fused-ring (bicyclic) bond motifs is 5. The summed E-state index contributed by atoms with van der Waals surface area (Å²) in [5.41, 5.74) is 0.881. The molecule has 0 aromatic carbocycles. The van der Waals surface area contributed by atoms with Crippen LogP contribution in [0.5, 0.6) is 0 Å². The minimum Gasteiger partial charge on any atom is -0.458 e. The zero-order valence-electron chi connectivity index (χ0n) is 28.5. The van der Waals surface area contributed by atoms with Gasteiger partial charge >= 0.3 is 5.97 Å². The number of aliphatic hydroxyl groups is 1. The number of hydrogen-bond acceptors (Lipinski definition) is 5. The summed E-state index contributed by atoms with van der Waals surface area (Å²) in [6, 6.07) is 0. The molecule has 4 aliphatic rings. The van der Waals surface area contributed by atoms with Crippen LogP contribution in [0.2, 0.25) is 0 Å². The van der Waals surface area contributed by atoms with Crippen LogP contribution < -0.4 is 0 Å². The zero-order valence-corrected chi connectivity index (χ0v) is 28.5. The first-order chi connectivity index (χ1) is 21.2. The molecule has 250 valence electrons. The molecule has 7 atom stereocenters. The smallest absolute Gasteiger partial charge is 0.306 e. The molecule has 0 aromatic heterocycles. The van der Waals surface area contributed by atoms with Crippen LogP contribution in [-0.4, -0.2) is 35.4 Å². The van der Waals surface area contributed by atoms with E-state index in [1.54, 1.807) is 0 Å². The van der Waals surface area contributed by atoms with Crippen LogP contribution in [-0.2, 0) is 19.1 Å². The van der Waals surface area contributed by atoms with Gasteiger partial charge in [-0.15, -0.1) is 0 Å². The van der Waals surface area contributed by atoms with Crippen molar-refractivity contribution in [3.05, 3.63) is 11.6 Å². The van der Waals surface area contributed by atoms with Crippen LogP contribution in [0.3, 0.4) is 0 Å². The number of esters is 1. The molecule has 0 radical (unpaired) electrons.